The zero-order valence-corrected chi connectivity index (χ0v) is 22.9. The summed E-state index contributed by atoms with van der Waals surface area (Å²) in [5, 5.41) is 10.9. The second-order valence-electron chi connectivity index (χ2n) is 12.5. The second-order valence-corrected chi connectivity index (χ2v) is 13.4. The van der Waals surface area contributed by atoms with E-state index in [1.165, 1.54) is 19.1 Å². The molecular weight excluding hydrogens is 521 g/mol. The van der Waals surface area contributed by atoms with Crippen LogP contribution in [-0.2, 0) is 23.9 Å². The summed E-state index contributed by atoms with van der Waals surface area (Å²) >= 11 is 0.395. The fraction of sp³-hybridized carbons (Fsp3) is 0.750. The van der Waals surface area contributed by atoms with Crippen LogP contribution in [0.1, 0.15) is 53.4 Å². The van der Waals surface area contributed by atoms with Crippen molar-refractivity contribution < 1.29 is 42.1 Å². The number of rotatable bonds is 4. The van der Waals surface area contributed by atoms with Crippen LogP contribution in [0.15, 0.2) is 23.8 Å². The quantitative estimate of drug-likeness (QED) is 0.512. The molecule has 0 aromatic heterocycles. The average molecular weight is 557 g/mol. The molecule has 1 heterocycles. The van der Waals surface area contributed by atoms with Crippen molar-refractivity contribution in [2.24, 2.45) is 34.0 Å². The summed E-state index contributed by atoms with van der Waals surface area (Å²) in [6, 6.07) is -1.04. The van der Waals surface area contributed by atoms with E-state index in [9.17, 15) is 23.9 Å². The zero-order chi connectivity index (χ0) is 27.9. The standard InChI is InChI=1S/C28H35F3O6S/c1-15-9-17-18-11-20(30)19-10-16(32)5-6-25(19,3)27(18,31)21(33)12-26(17,4)28(15,23(35)38-14-29)37-22(34)24(2)7-8-36-13-24/h5-6,10,15,17-18,20-21,33H,7-9,11-14H2,1-4H3/t15?,17-,18-,20?,21?,24?,25-,26-,27?,28?/m0/s1. The van der Waals surface area contributed by atoms with Crippen LogP contribution in [0.4, 0.5) is 13.2 Å². The minimum atomic E-state index is -2.33. The largest absolute Gasteiger partial charge is 0.449 e. The van der Waals surface area contributed by atoms with Crippen LogP contribution in [-0.4, -0.2) is 64.7 Å². The predicted molar refractivity (Wildman–Crippen MR) is 134 cm³/mol. The number of aliphatic hydroxyl groups excluding tert-OH is 1. The number of ketones is 1. The summed E-state index contributed by atoms with van der Waals surface area (Å²) in [5.74, 6) is -3.42. The number of esters is 1. The number of halogens is 3. The SMILES string of the molecule is CC1C[C@H]2[C@@H]3CC(F)C4=CC(=O)C=C[C@]4(C)C3(F)C(O)C[C@]2(C)C1(OC(=O)C1(C)CCOC1)C(=O)SCF. The van der Waals surface area contributed by atoms with Crippen molar-refractivity contribution in [3.63, 3.8) is 0 Å². The number of ether oxygens (including phenoxy) is 2. The number of thioether (sulfide) groups is 1. The molecule has 10 atom stereocenters. The summed E-state index contributed by atoms with van der Waals surface area (Å²) in [4.78, 5) is 39.3. The Hall–Kier alpha value is -1.65. The lowest BCUT2D eigenvalue weighted by Crippen LogP contribution is -2.71. The van der Waals surface area contributed by atoms with E-state index in [1.807, 2.05) is 0 Å². The predicted octanol–water partition coefficient (Wildman–Crippen LogP) is 4.45. The minimum absolute atomic E-state index is 0.00774. The highest BCUT2D eigenvalue weighted by Gasteiger charge is 2.78. The maximum atomic E-state index is 17.4. The number of allylic oxidation sites excluding steroid dienone is 4. The molecule has 0 aromatic rings. The van der Waals surface area contributed by atoms with E-state index < -0.39 is 80.4 Å². The molecule has 210 valence electrons. The maximum Gasteiger partial charge on any atom is 0.315 e. The maximum absolute atomic E-state index is 17.4. The monoisotopic (exact) mass is 556 g/mol. The number of fused-ring (bicyclic) bond motifs is 5. The molecule has 0 aromatic carbocycles. The zero-order valence-electron chi connectivity index (χ0n) is 22.1. The summed E-state index contributed by atoms with van der Waals surface area (Å²) in [6.07, 6.45) is 0.462. The van der Waals surface area contributed by atoms with Gasteiger partial charge in [-0.25, -0.2) is 13.2 Å². The molecule has 1 N–H and O–H groups in total. The number of aliphatic hydroxyl groups is 1. The van der Waals surface area contributed by atoms with Gasteiger partial charge in [-0.15, -0.1) is 0 Å². The Morgan fingerprint density at radius 1 is 1.24 bits per heavy atom. The van der Waals surface area contributed by atoms with Crippen molar-refractivity contribution in [3.05, 3.63) is 23.8 Å². The first-order valence-corrected chi connectivity index (χ1v) is 14.2. The molecule has 4 fully saturated rings. The van der Waals surface area contributed by atoms with Crippen molar-refractivity contribution >= 4 is 28.6 Å². The van der Waals surface area contributed by atoms with E-state index in [-0.39, 0.29) is 31.4 Å². The highest BCUT2D eigenvalue weighted by Crippen LogP contribution is 2.72. The third-order valence-electron chi connectivity index (χ3n) is 10.6. The molecule has 10 heteroatoms. The van der Waals surface area contributed by atoms with E-state index in [2.05, 4.69) is 0 Å². The molecule has 0 bridgehead atoms. The lowest BCUT2D eigenvalue weighted by Gasteiger charge is -2.63. The molecule has 6 nitrogen and oxygen atoms in total. The Labute approximate surface area is 224 Å². The second kappa shape index (κ2) is 8.93. The Morgan fingerprint density at radius 2 is 1.95 bits per heavy atom. The van der Waals surface area contributed by atoms with Crippen LogP contribution in [0.3, 0.4) is 0 Å². The summed E-state index contributed by atoms with van der Waals surface area (Å²) in [7, 11) is 0. The molecule has 5 rings (SSSR count). The molecule has 0 amide bonds. The van der Waals surface area contributed by atoms with Gasteiger partial charge in [-0.3, -0.25) is 14.4 Å². The van der Waals surface area contributed by atoms with Crippen molar-refractivity contribution in [1.82, 2.24) is 0 Å². The normalized spacial score (nSPS) is 49.6. The van der Waals surface area contributed by atoms with Crippen LogP contribution in [0.25, 0.3) is 0 Å². The highest BCUT2D eigenvalue weighted by atomic mass is 32.2. The molecule has 4 aliphatic carbocycles. The summed E-state index contributed by atoms with van der Waals surface area (Å²) in [6.45, 7) is 7.06. The lowest BCUT2D eigenvalue weighted by atomic mass is 9.44. The highest BCUT2D eigenvalue weighted by molar-refractivity contribution is 8.13. The molecule has 0 spiro atoms. The van der Waals surface area contributed by atoms with Crippen molar-refractivity contribution in [3.8, 4) is 0 Å². The van der Waals surface area contributed by atoms with E-state index in [0.717, 1.165) is 6.08 Å². The van der Waals surface area contributed by atoms with Gasteiger partial charge in [0.15, 0.2) is 17.1 Å². The fourth-order valence-corrected chi connectivity index (χ4v) is 9.26. The first-order valence-electron chi connectivity index (χ1n) is 13.2. The minimum Gasteiger partial charge on any atom is -0.449 e. The average Bonchev–Trinajstić information content (AvgIpc) is 3.39. The molecule has 1 saturated heterocycles. The summed E-state index contributed by atoms with van der Waals surface area (Å²) < 4.78 is 58.3. The van der Waals surface area contributed by atoms with Gasteiger partial charge >= 0.3 is 5.97 Å². The molecule has 3 saturated carbocycles. The van der Waals surface area contributed by atoms with Crippen LogP contribution in [0.2, 0.25) is 0 Å². The van der Waals surface area contributed by atoms with Gasteiger partial charge in [0.25, 0.3) is 0 Å². The fourth-order valence-electron chi connectivity index (χ4n) is 8.47. The summed E-state index contributed by atoms with van der Waals surface area (Å²) in [5.41, 5.74) is -8.02. The van der Waals surface area contributed by atoms with Crippen LogP contribution >= 0.6 is 11.8 Å². The first kappa shape index (κ1) is 27.9. The number of alkyl halides is 3. The van der Waals surface area contributed by atoms with Crippen molar-refractivity contribution in [1.29, 1.82) is 0 Å². The van der Waals surface area contributed by atoms with Gasteiger partial charge < -0.3 is 14.6 Å². The third kappa shape index (κ3) is 3.38. The topological polar surface area (TPSA) is 89.9 Å². The van der Waals surface area contributed by atoms with Gasteiger partial charge in [0, 0.05) is 29.3 Å². The Morgan fingerprint density at radius 3 is 2.58 bits per heavy atom. The van der Waals surface area contributed by atoms with Crippen LogP contribution in [0.5, 0.6) is 0 Å². The van der Waals surface area contributed by atoms with Crippen molar-refractivity contribution in [2.45, 2.75) is 76.9 Å². The number of carbonyl (C=O) groups excluding carboxylic acids is 3. The third-order valence-corrected chi connectivity index (χ3v) is 11.3. The lowest BCUT2D eigenvalue weighted by molar-refractivity contribution is -0.231. The number of hydrogen-bond donors (Lipinski definition) is 1. The molecule has 1 aliphatic heterocycles. The molecule has 0 radical (unpaired) electrons. The van der Waals surface area contributed by atoms with Gasteiger partial charge in [0.2, 0.25) is 5.12 Å². The number of carbonyl (C=O) groups is 3. The Bertz CT molecular complexity index is 1120. The van der Waals surface area contributed by atoms with Gasteiger partial charge in [0.1, 0.15) is 12.2 Å². The van der Waals surface area contributed by atoms with E-state index in [0.29, 0.717) is 24.8 Å². The molecule has 6 unspecified atom stereocenters. The van der Waals surface area contributed by atoms with Crippen LogP contribution in [0, 0.1) is 34.0 Å². The molecular formula is C28H35F3O6S. The van der Waals surface area contributed by atoms with E-state index >= 15 is 8.78 Å². The Kier molecular flexibility index (Phi) is 6.56. The van der Waals surface area contributed by atoms with Gasteiger partial charge in [-0.1, -0.05) is 19.9 Å². The van der Waals surface area contributed by atoms with Gasteiger partial charge in [-0.05, 0) is 74.9 Å². The van der Waals surface area contributed by atoms with Gasteiger partial charge in [-0.2, -0.15) is 0 Å². The number of hydrogen-bond acceptors (Lipinski definition) is 7. The van der Waals surface area contributed by atoms with Crippen molar-refractivity contribution in [2.75, 3.05) is 19.2 Å². The van der Waals surface area contributed by atoms with E-state index in [1.54, 1.807) is 20.8 Å². The first-order chi connectivity index (χ1) is 17.7. The molecule has 38 heavy (non-hydrogen) atoms. The smallest absolute Gasteiger partial charge is 0.315 e. The van der Waals surface area contributed by atoms with E-state index in [4.69, 9.17) is 9.47 Å². The Balaban J connectivity index is 1.62. The van der Waals surface area contributed by atoms with Gasteiger partial charge in [0.05, 0.1) is 18.1 Å². The van der Waals surface area contributed by atoms with Crippen LogP contribution < -0.4 is 0 Å². The molecule has 5 aliphatic rings.